The Morgan fingerprint density at radius 2 is 1.76 bits per heavy atom. The van der Waals surface area contributed by atoms with Gasteiger partial charge in [-0.1, -0.05) is 30.7 Å². The maximum atomic E-state index is 12.7. The van der Waals surface area contributed by atoms with Gasteiger partial charge in [-0.3, -0.25) is 4.79 Å². The van der Waals surface area contributed by atoms with Crippen LogP contribution < -0.4 is 5.32 Å². The summed E-state index contributed by atoms with van der Waals surface area (Å²) in [6, 6.07) is 14.4. The summed E-state index contributed by atoms with van der Waals surface area (Å²) < 4.78 is 32.8. The molecule has 0 radical (unpaired) electrons. The van der Waals surface area contributed by atoms with Crippen LogP contribution in [0.25, 0.3) is 0 Å². The molecule has 2 heterocycles. The minimum absolute atomic E-state index is 0.154. The number of rotatable bonds is 5. The summed E-state index contributed by atoms with van der Waals surface area (Å²) in [5.41, 5.74) is 2.87. The van der Waals surface area contributed by atoms with Crippen molar-refractivity contribution in [2.45, 2.75) is 43.1 Å². The molecule has 1 amide bonds. The van der Waals surface area contributed by atoms with Crippen molar-refractivity contribution in [1.82, 2.24) is 4.31 Å². The van der Waals surface area contributed by atoms with Crippen molar-refractivity contribution in [3.05, 3.63) is 59.7 Å². The number of sulfonamides is 1. The standard InChI is InChI=1S/C22H26N2O4S/c25-22(16-21-20-7-3-2-6-17(20)12-15-28-21)23-18-8-10-19(11-9-18)29(26,27)24-13-4-1-5-14-24/h2-3,6-11,21H,1,4-5,12-16H2,(H,23,25). The van der Waals surface area contributed by atoms with Gasteiger partial charge in [-0.15, -0.1) is 0 Å². The second kappa shape index (κ2) is 8.65. The number of hydrogen-bond acceptors (Lipinski definition) is 4. The van der Waals surface area contributed by atoms with E-state index < -0.39 is 10.0 Å². The average Bonchev–Trinajstić information content (AvgIpc) is 2.75. The van der Waals surface area contributed by atoms with E-state index in [-0.39, 0.29) is 23.3 Å². The molecule has 6 nitrogen and oxygen atoms in total. The number of benzene rings is 2. The third-order valence-electron chi connectivity index (χ3n) is 5.55. The fraction of sp³-hybridized carbons (Fsp3) is 0.409. The quantitative estimate of drug-likeness (QED) is 0.812. The third kappa shape index (κ3) is 4.52. The van der Waals surface area contributed by atoms with Crippen LogP contribution in [0.5, 0.6) is 0 Å². The van der Waals surface area contributed by atoms with E-state index in [1.54, 1.807) is 28.6 Å². The van der Waals surface area contributed by atoms with Crippen LogP contribution in [0.4, 0.5) is 5.69 Å². The highest BCUT2D eigenvalue weighted by Gasteiger charge is 2.26. The first-order valence-electron chi connectivity index (χ1n) is 10.1. The molecule has 2 aromatic carbocycles. The molecular weight excluding hydrogens is 388 g/mol. The van der Waals surface area contributed by atoms with E-state index in [2.05, 4.69) is 11.4 Å². The van der Waals surface area contributed by atoms with Crippen molar-refractivity contribution < 1.29 is 17.9 Å². The van der Waals surface area contributed by atoms with Gasteiger partial charge in [0.25, 0.3) is 0 Å². The number of hydrogen-bond donors (Lipinski definition) is 1. The summed E-state index contributed by atoms with van der Waals surface area (Å²) in [7, 11) is -3.46. The number of fused-ring (bicyclic) bond motifs is 1. The highest BCUT2D eigenvalue weighted by atomic mass is 32.2. The lowest BCUT2D eigenvalue weighted by Crippen LogP contribution is -2.35. The Bertz CT molecular complexity index is 967. The monoisotopic (exact) mass is 414 g/mol. The SMILES string of the molecule is O=C(CC1OCCc2ccccc21)Nc1ccc(S(=O)(=O)N2CCCCC2)cc1. The lowest BCUT2D eigenvalue weighted by Gasteiger charge is -2.26. The molecular formula is C22H26N2O4S. The summed E-state index contributed by atoms with van der Waals surface area (Å²) in [5, 5.41) is 2.85. The van der Waals surface area contributed by atoms with Gasteiger partial charge in [0.15, 0.2) is 0 Å². The van der Waals surface area contributed by atoms with Crippen LogP contribution in [0, 0.1) is 0 Å². The Balaban J connectivity index is 1.40. The molecule has 0 aromatic heterocycles. The molecule has 154 valence electrons. The molecule has 1 unspecified atom stereocenters. The smallest absolute Gasteiger partial charge is 0.243 e. The van der Waals surface area contributed by atoms with Gasteiger partial charge < -0.3 is 10.1 Å². The van der Waals surface area contributed by atoms with Crippen molar-refractivity contribution in [2.24, 2.45) is 0 Å². The Morgan fingerprint density at radius 1 is 1.03 bits per heavy atom. The van der Waals surface area contributed by atoms with Crippen LogP contribution in [0.1, 0.15) is 42.9 Å². The molecule has 0 saturated carbocycles. The van der Waals surface area contributed by atoms with Crippen molar-refractivity contribution >= 4 is 21.6 Å². The lowest BCUT2D eigenvalue weighted by molar-refractivity contribution is -0.119. The number of nitrogens with zero attached hydrogens (tertiary/aromatic N) is 1. The minimum atomic E-state index is -3.46. The lowest BCUT2D eigenvalue weighted by atomic mass is 9.95. The topological polar surface area (TPSA) is 75.7 Å². The number of anilines is 1. The zero-order chi connectivity index (χ0) is 20.3. The molecule has 1 N–H and O–H groups in total. The Morgan fingerprint density at radius 3 is 2.52 bits per heavy atom. The van der Waals surface area contributed by atoms with Crippen molar-refractivity contribution in [2.75, 3.05) is 25.0 Å². The molecule has 0 spiro atoms. The second-order valence-corrected chi connectivity index (χ2v) is 9.49. The Hall–Kier alpha value is -2.22. The number of piperidine rings is 1. The zero-order valence-electron chi connectivity index (χ0n) is 16.3. The first-order valence-corrected chi connectivity index (χ1v) is 11.6. The van der Waals surface area contributed by atoms with E-state index in [1.165, 1.54) is 5.56 Å². The van der Waals surface area contributed by atoms with Gasteiger partial charge in [0.2, 0.25) is 15.9 Å². The molecule has 29 heavy (non-hydrogen) atoms. The maximum absolute atomic E-state index is 12.7. The molecule has 1 atom stereocenters. The van der Waals surface area contributed by atoms with E-state index in [1.807, 2.05) is 18.2 Å². The average molecular weight is 415 g/mol. The van der Waals surface area contributed by atoms with Crippen molar-refractivity contribution in [3.8, 4) is 0 Å². The first-order chi connectivity index (χ1) is 14.0. The molecule has 2 aliphatic rings. The molecule has 7 heteroatoms. The van der Waals surface area contributed by atoms with Gasteiger partial charge in [0.05, 0.1) is 24.0 Å². The van der Waals surface area contributed by atoms with Crippen LogP contribution in [-0.2, 0) is 26.0 Å². The van der Waals surface area contributed by atoms with Crippen LogP contribution in [0.2, 0.25) is 0 Å². The summed E-state index contributed by atoms with van der Waals surface area (Å²) >= 11 is 0. The second-order valence-electron chi connectivity index (χ2n) is 7.55. The fourth-order valence-electron chi connectivity index (χ4n) is 3.99. The van der Waals surface area contributed by atoms with Crippen LogP contribution in [0.3, 0.4) is 0 Å². The van der Waals surface area contributed by atoms with Gasteiger partial charge in [-0.05, 0) is 54.7 Å². The highest BCUT2D eigenvalue weighted by molar-refractivity contribution is 7.89. The van der Waals surface area contributed by atoms with E-state index in [0.717, 1.165) is 31.2 Å². The van der Waals surface area contributed by atoms with Gasteiger partial charge >= 0.3 is 0 Å². The van der Waals surface area contributed by atoms with Crippen LogP contribution in [-0.4, -0.2) is 38.3 Å². The van der Waals surface area contributed by atoms with E-state index in [9.17, 15) is 13.2 Å². The molecule has 2 aliphatic heterocycles. The largest absolute Gasteiger partial charge is 0.373 e. The van der Waals surface area contributed by atoms with Gasteiger partial charge in [0, 0.05) is 18.8 Å². The maximum Gasteiger partial charge on any atom is 0.243 e. The number of carbonyl (C=O) groups excluding carboxylic acids is 1. The Kier molecular flexibility index (Phi) is 5.99. The van der Waals surface area contributed by atoms with Crippen molar-refractivity contribution in [3.63, 3.8) is 0 Å². The predicted octanol–water partition coefficient (Wildman–Crippen LogP) is 3.50. The summed E-state index contributed by atoms with van der Waals surface area (Å²) in [6.07, 6.45) is 3.72. The highest BCUT2D eigenvalue weighted by Crippen LogP contribution is 2.30. The number of amides is 1. The number of ether oxygens (including phenoxy) is 1. The van der Waals surface area contributed by atoms with Gasteiger partial charge in [-0.2, -0.15) is 4.31 Å². The van der Waals surface area contributed by atoms with Gasteiger partial charge in [-0.25, -0.2) is 8.42 Å². The van der Waals surface area contributed by atoms with E-state index in [0.29, 0.717) is 25.4 Å². The number of carbonyl (C=O) groups is 1. The van der Waals surface area contributed by atoms with Crippen LogP contribution >= 0.6 is 0 Å². The zero-order valence-corrected chi connectivity index (χ0v) is 17.2. The summed E-state index contributed by atoms with van der Waals surface area (Å²) in [6.45, 7) is 1.76. The van der Waals surface area contributed by atoms with Crippen molar-refractivity contribution in [1.29, 1.82) is 0 Å². The summed E-state index contributed by atoms with van der Waals surface area (Å²) in [4.78, 5) is 12.8. The molecule has 2 aromatic rings. The third-order valence-corrected chi connectivity index (χ3v) is 7.47. The first kappa shape index (κ1) is 20.1. The minimum Gasteiger partial charge on any atom is -0.373 e. The molecule has 0 bridgehead atoms. The molecule has 0 aliphatic carbocycles. The number of nitrogens with one attached hydrogen (secondary N) is 1. The fourth-order valence-corrected chi connectivity index (χ4v) is 5.51. The molecule has 4 rings (SSSR count). The summed E-state index contributed by atoms with van der Waals surface area (Å²) in [5.74, 6) is -0.154. The predicted molar refractivity (Wildman–Crippen MR) is 111 cm³/mol. The normalized spacial score (nSPS) is 20.1. The molecule has 1 saturated heterocycles. The Labute approximate surface area is 171 Å². The van der Waals surface area contributed by atoms with Gasteiger partial charge in [0.1, 0.15) is 0 Å². The van der Waals surface area contributed by atoms with Crippen LogP contribution in [0.15, 0.2) is 53.4 Å². The van der Waals surface area contributed by atoms with E-state index in [4.69, 9.17) is 4.74 Å². The van der Waals surface area contributed by atoms with E-state index >= 15 is 0 Å². The molecule has 1 fully saturated rings.